The lowest BCUT2D eigenvalue weighted by molar-refractivity contribution is -0.136. The molecule has 0 fully saturated rings. The molecule has 0 saturated heterocycles. The van der Waals surface area contributed by atoms with E-state index in [1.807, 2.05) is 11.8 Å². The third kappa shape index (κ3) is 5.47. The van der Waals surface area contributed by atoms with Crippen molar-refractivity contribution in [3.63, 3.8) is 0 Å². The lowest BCUT2D eigenvalue weighted by Crippen LogP contribution is -2.42. The first-order valence-electron chi connectivity index (χ1n) is 6.04. The average Bonchev–Trinajstić information content (AvgIpc) is 2.25. The molecule has 1 atom stereocenters. The van der Waals surface area contributed by atoms with Gasteiger partial charge in [0, 0.05) is 26.7 Å². The molecule has 0 radical (unpaired) electrons. The van der Waals surface area contributed by atoms with Crippen LogP contribution >= 0.6 is 0 Å². The summed E-state index contributed by atoms with van der Waals surface area (Å²) >= 11 is 0. The van der Waals surface area contributed by atoms with Gasteiger partial charge in [0.05, 0.1) is 12.5 Å². The Bertz CT molecular complexity index is 191. The third-order valence-electron chi connectivity index (χ3n) is 2.59. The zero-order chi connectivity index (χ0) is 12.6. The van der Waals surface area contributed by atoms with Gasteiger partial charge in [0.15, 0.2) is 0 Å². The van der Waals surface area contributed by atoms with E-state index in [9.17, 15) is 4.79 Å². The monoisotopic (exact) mass is 230 g/mol. The second kappa shape index (κ2) is 8.53. The van der Waals surface area contributed by atoms with Crippen molar-refractivity contribution in [2.75, 3.05) is 33.4 Å². The first-order chi connectivity index (χ1) is 7.56. The number of hydrogen-bond acceptors (Lipinski definition) is 3. The summed E-state index contributed by atoms with van der Waals surface area (Å²) in [5, 5.41) is 0. The SMILES string of the molecule is CCC(CN)C(=O)N(CCOC)CC(C)C. The van der Waals surface area contributed by atoms with Gasteiger partial charge in [0.2, 0.25) is 5.91 Å². The zero-order valence-corrected chi connectivity index (χ0v) is 11.0. The maximum atomic E-state index is 12.1. The van der Waals surface area contributed by atoms with Crippen LogP contribution in [-0.2, 0) is 9.53 Å². The Balaban J connectivity index is 4.40. The lowest BCUT2D eigenvalue weighted by Gasteiger charge is -2.27. The number of carbonyl (C=O) groups excluding carboxylic acids is 1. The van der Waals surface area contributed by atoms with E-state index in [2.05, 4.69) is 13.8 Å². The number of ether oxygens (including phenoxy) is 1. The molecule has 0 aromatic heterocycles. The number of amides is 1. The van der Waals surface area contributed by atoms with E-state index in [0.29, 0.717) is 25.6 Å². The van der Waals surface area contributed by atoms with Gasteiger partial charge in [-0.05, 0) is 12.3 Å². The summed E-state index contributed by atoms with van der Waals surface area (Å²) < 4.78 is 5.03. The van der Waals surface area contributed by atoms with E-state index in [1.54, 1.807) is 7.11 Å². The van der Waals surface area contributed by atoms with E-state index in [4.69, 9.17) is 10.5 Å². The highest BCUT2D eigenvalue weighted by molar-refractivity contribution is 5.79. The van der Waals surface area contributed by atoms with Gasteiger partial charge < -0.3 is 15.4 Å². The molecule has 0 aliphatic carbocycles. The maximum Gasteiger partial charge on any atom is 0.227 e. The zero-order valence-electron chi connectivity index (χ0n) is 11.0. The molecule has 0 aliphatic heterocycles. The Kier molecular flexibility index (Phi) is 8.21. The molecule has 0 aromatic carbocycles. The maximum absolute atomic E-state index is 12.1. The summed E-state index contributed by atoms with van der Waals surface area (Å²) in [4.78, 5) is 14.0. The minimum atomic E-state index is -0.0457. The van der Waals surface area contributed by atoms with Crippen molar-refractivity contribution in [3.05, 3.63) is 0 Å². The largest absolute Gasteiger partial charge is 0.383 e. The Morgan fingerprint density at radius 2 is 2.06 bits per heavy atom. The van der Waals surface area contributed by atoms with Crippen molar-refractivity contribution in [2.45, 2.75) is 27.2 Å². The van der Waals surface area contributed by atoms with E-state index < -0.39 is 0 Å². The van der Waals surface area contributed by atoms with Crippen LogP contribution in [0.15, 0.2) is 0 Å². The number of nitrogens with zero attached hydrogens (tertiary/aromatic N) is 1. The third-order valence-corrected chi connectivity index (χ3v) is 2.59. The first-order valence-corrected chi connectivity index (χ1v) is 6.04. The van der Waals surface area contributed by atoms with E-state index in [1.165, 1.54) is 0 Å². The van der Waals surface area contributed by atoms with Crippen molar-refractivity contribution in [1.29, 1.82) is 0 Å². The normalized spacial score (nSPS) is 12.9. The fourth-order valence-corrected chi connectivity index (χ4v) is 1.63. The van der Waals surface area contributed by atoms with Gasteiger partial charge in [-0.2, -0.15) is 0 Å². The number of rotatable bonds is 8. The van der Waals surface area contributed by atoms with Gasteiger partial charge in [-0.15, -0.1) is 0 Å². The van der Waals surface area contributed by atoms with E-state index in [-0.39, 0.29) is 11.8 Å². The second-order valence-electron chi connectivity index (χ2n) is 4.51. The minimum absolute atomic E-state index is 0.0457. The van der Waals surface area contributed by atoms with Crippen LogP contribution < -0.4 is 5.73 Å². The molecule has 0 aromatic rings. The standard InChI is InChI=1S/C12H26N2O2/c1-5-11(8-13)12(15)14(6-7-16-4)9-10(2)3/h10-11H,5-9,13H2,1-4H3. The molecule has 96 valence electrons. The highest BCUT2D eigenvalue weighted by Gasteiger charge is 2.21. The van der Waals surface area contributed by atoms with Crippen LogP contribution in [0, 0.1) is 11.8 Å². The van der Waals surface area contributed by atoms with Crippen molar-refractivity contribution >= 4 is 5.91 Å². The summed E-state index contributed by atoms with van der Waals surface area (Å²) in [6.07, 6.45) is 0.802. The molecule has 0 aliphatic rings. The molecule has 0 spiro atoms. The Morgan fingerprint density at radius 1 is 1.44 bits per heavy atom. The van der Waals surface area contributed by atoms with Gasteiger partial charge in [0.25, 0.3) is 0 Å². The Morgan fingerprint density at radius 3 is 2.44 bits per heavy atom. The van der Waals surface area contributed by atoms with Crippen molar-refractivity contribution in [3.8, 4) is 0 Å². The summed E-state index contributed by atoms with van der Waals surface area (Å²) in [6.45, 7) is 8.66. The van der Waals surface area contributed by atoms with Crippen LogP contribution in [0.1, 0.15) is 27.2 Å². The topological polar surface area (TPSA) is 55.6 Å². The molecule has 0 rings (SSSR count). The predicted octanol–water partition coefficient (Wildman–Crippen LogP) is 1.10. The van der Waals surface area contributed by atoms with Gasteiger partial charge in [-0.1, -0.05) is 20.8 Å². The molecule has 1 unspecified atom stereocenters. The van der Waals surface area contributed by atoms with Crippen LogP contribution in [-0.4, -0.2) is 44.2 Å². The predicted molar refractivity (Wildman–Crippen MR) is 66.1 cm³/mol. The average molecular weight is 230 g/mol. The number of carbonyl (C=O) groups is 1. The highest BCUT2D eigenvalue weighted by Crippen LogP contribution is 2.08. The summed E-state index contributed by atoms with van der Waals surface area (Å²) in [7, 11) is 1.65. The van der Waals surface area contributed by atoms with Crippen LogP contribution in [0.2, 0.25) is 0 Å². The molecule has 0 heterocycles. The van der Waals surface area contributed by atoms with Crippen LogP contribution in [0.4, 0.5) is 0 Å². The van der Waals surface area contributed by atoms with Crippen molar-refractivity contribution in [2.24, 2.45) is 17.6 Å². The molecular formula is C12H26N2O2. The number of methoxy groups -OCH3 is 1. The smallest absolute Gasteiger partial charge is 0.227 e. The Hall–Kier alpha value is -0.610. The molecule has 4 nitrogen and oxygen atoms in total. The summed E-state index contributed by atoms with van der Waals surface area (Å²) in [5.41, 5.74) is 5.60. The fourth-order valence-electron chi connectivity index (χ4n) is 1.63. The van der Waals surface area contributed by atoms with Crippen LogP contribution in [0.3, 0.4) is 0 Å². The second-order valence-corrected chi connectivity index (χ2v) is 4.51. The van der Waals surface area contributed by atoms with Crippen LogP contribution in [0.25, 0.3) is 0 Å². The molecule has 0 saturated carbocycles. The molecule has 4 heteroatoms. The number of nitrogens with two attached hydrogens (primary N) is 1. The summed E-state index contributed by atoms with van der Waals surface area (Å²) in [6, 6.07) is 0. The van der Waals surface area contributed by atoms with Gasteiger partial charge in [-0.25, -0.2) is 0 Å². The van der Waals surface area contributed by atoms with Crippen molar-refractivity contribution in [1.82, 2.24) is 4.90 Å². The van der Waals surface area contributed by atoms with Crippen LogP contribution in [0.5, 0.6) is 0 Å². The minimum Gasteiger partial charge on any atom is -0.383 e. The molecule has 1 amide bonds. The van der Waals surface area contributed by atoms with E-state index >= 15 is 0 Å². The van der Waals surface area contributed by atoms with Gasteiger partial charge in [0.1, 0.15) is 0 Å². The van der Waals surface area contributed by atoms with E-state index in [0.717, 1.165) is 13.0 Å². The highest BCUT2D eigenvalue weighted by atomic mass is 16.5. The molecule has 0 bridgehead atoms. The first kappa shape index (κ1) is 15.4. The Labute approximate surface area is 99.1 Å². The van der Waals surface area contributed by atoms with Gasteiger partial charge >= 0.3 is 0 Å². The van der Waals surface area contributed by atoms with Gasteiger partial charge in [-0.3, -0.25) is 4.79 Å². The summed E-state index contributed by atoms with van der Waals surface area (Å²) in [5.74, 6) is 0.586. The van der Waals surface area contributed by atoms with Crippen molar-refractivity contribution < 1.29 is 9.53 Å². The molecule has 16 heavy (non-hydrogen) atoms. The quantitative estimate of drug-likeness (QED) is 0.679. The lowest BCUT2D eigenvalue weighted by atomic mass is 10.0. The fraction of sp³-hybridized carbons (Fsp3) is 0.917. The molecule has 2 N–H and O–H groups in total. The molecular weight excluding hydrogens is 204 g/mol. The number of hydrogen-bond donors (Lipinski definition) is 1.